The van der Waals surface area contributed by atoms with Crippen molar-refractivity contribution in [3.63, 3.8) is 0 Å². The molecule has 3 aromatic carbocycles. The monoisotopic (exact) mass is 513 g/mol. The summed E-state index contributed by atoms with van der Waals surface area (Å²) in [5, 5.41) is 11.4. The quantitative estimate of drug-likeness (QED) is 0.475. The van der Waals surface area contributed by atoms with Crippen molar-refractivity contribution >= 4 is 49.2 Å². The number of rotatable bonds is 5. The van der Waals surface area contributed by atoms with Gasteiger partial charge in [-0.2, -0.15) is 0 Å². The zero-order valence-corrected chi connectivity index (χ0v) is 18.5. The molecule has 4 nitrogen and oxygen atoms in total. The first-order valence-corrected chi connectivity index (χ1v) is 10.6. The van der Waals surface area contributed by atoms with Crippen LogP contribution in [0.2, 0.25) is 0 Å². The molecule has 0 saturated carbocycles. The number of hydrogen-bond donors (Lipinski definition) is 1. The highest BCUT2D eigenvalue weighted by Crippen LogP contribution is 2.45. The summed E-state index contributed by atoms with van der Waals surface area (Å²) in [5.41, 5.74) is 0.515. The fourth-order valence-corrected chi connectivity index (χ4v) is 4.38. The fourth-order valence-electron chi connectivity index (χ4n) is 3.61. The Morgan fingerprint density at radius 2 is 1.66 bits per heavy atom. The van der Waals surface area contributed by atoms with Gasteiger partial charge < -0.3 is 10.0 Å². The van der Waals surface area contributed by atoms with Crippen LogP contribution in [0.25, 0.3) is 0 Å². The van der Waals surface area contributed by atoms with Crippen LogP contribution in [0.1, 0.15) is 27.9 Å². The van der Waals surface area contributed by atoms with E-state index in [2.05, 4.69) is 31.9 Å². The maximum absolute atomic E-state index is 13.4. The van der Waals surface area contributed by atoms with E-state index in [0.717, 1.165) is 14.5 Å². The van der Waals surface area contributed by atoms with Gasteiger partial charge in [0.15, 0.2) is 11.4 Å². The second-order valence-electron chi connectivity index (χ2n) is 6.97. The van der Waals surface area contributed by atoms with Crippen molar-refractivity contribution in [2.75, 3.05) is 4.90 Å². The van der Waals surface area contributed by atoms with Gasteiger partial charge in [-0.15, -0.1) is 0 Å². The fraction of sp³-hybridized carbons (Fsp3) is 0.130. The first kappa shape index (κ1) is 20.0. The van der Waals surface area contributed by atoms with E-state index >= 15 is 0 Å². The Bertz CT molecular complexity index is 1100. The highest BCUT2D eigenvalue weighted by Gasteiger charge is 2.51. The van der Waals surface area contributed by atoms with Crippen molar-refractivity contribution in [3.8, 4) is 0 Å². The summed E-state index contributed by atoms with van der Waals surface area (Å²) in [6, 6.07) is 21.7. The van der Waals surface area contributed by atoms with Crippen LogP contribution in [0.3, 0.4) is 0 Å². The molecule has 3 aromatic rings. The largest absolute Gasteiger partial charge is 0.375 e. The Morgan fingerprint density at radius 3 is 2.38 bits per heavy atom. The van der Waals surface area contributed by atoms with Gasteiger partial charge in [-0.1, -0.05) is 80.4 Å². The minimum absolute atomic E-state index is 0.282. The molecule has 0 fully saturated rings. The lowest BCUT2D eigenvalue weighted by atomic mass is 9.88. The molecule has 1 aliphatic rings. The number of ketones is 1. The van der Waals surface area contributed by atoms with Gasteiger partial charge in [0.25, 0.3) is 5.91 Å². The smallest absolute Gasteiger partial charge is 0.264 e. The van der Waals surface area contributed by atoms with Crippen LogP contribution in [0, 0.1) is 0 Å². The zero-order chi connectivity index (χ0) is 20.6. The molecule has 1 atom stereocenters. The molecular formula is C23H17Br2NO3. The minimum atomic E-state index is -1.91. The molecule has 4 rings (SSSR count). The van der Waals surface area contributed by atoms with E-state index in [0.29, 0.717) is 16.8 Å². The van der Waals surface area contributed by atoms with E-state index in [4.69, 9.17) is 0 Å². The molecule has 1 unspecified atom stereocenters. The van der Waals surface area contributed by atoms with E-state index in [9.17, 15) is 14.7 Å². The van der Waals surface area contributed by atoms with Gasteiger partial charge in [0.05, 0.1) is 18.7 Å². The van der Waals surface area contributed by atoms with Gasteiger partial charge in [0.2, 0.25) is 0 Å². The van der Waals surface area contributed by atoms with Crippen LogP contribution in [-0.2, 0) is 16.9 Å². The molecule has 1 heterocycles. The summed E-state index contributed by atoms with van der Waals surface area (Å²) >= 11 is 6.93. The Balaban J connectivity index is 1.73. The molecule has 1 amide bonds. The number of Topliss-reactive ketones (excluding diaryl/α,β-unsaturated/α-hetero) is 1. The Hall–Kier alpha value is -2.28. The van der Waals surface area contributed by atoms with E-state index in [1.807, 2.05) is 36.4 Å². The van der Waals surface area contributed by atoms with Crippen molar-refractivity contribution in [1.29, 1.82) is 0 Å². The number of benzene rings is 3. The average molecular weight is 515 g/mol. The highest BCUT2D eigenvalue weighted by atomic mass is 79.9. The van der Waals surface area contributed by atoms with Crippen molar-refractivity contribution in [2.45, 2.75) is 18.6 Å². The second-order valence-corrected chi connectivity index (χ2v) is 8.74. The number of carbonyl (C=O) groups is 2. The summed E-state index contributed by atoms with van der Waals surface area (Å²) in [7, 11) is 0. The second kappa shape index (κ2) is 7.86. The molecule has 29 heavy (non-hydrogen) atoms. The molecule has 1 N–H and O–H groups in total. The predicted molar refractivity (Wildman–Crippen MR) is 119 cm³/mol. The summed E-state index contributed by atoms with van der Waals surface area (Å²) < 4.78 is 1.61. The normalized spacial score (nSPS) is 18.0. The van der Waals surface area contributed by atoms with Crippen molar-refractivity contribution in [2.24, 2.45) is 0 Å². The number of halogens is 2. The molecule has 0 aromatic heterocycles. The number of fused-ring (bicyclic) bond motifs is 1. The first-order chi connectivity index (χ1) is 13.9. The van der Waals surface area contributed by atoms with E-state index in [1.54, 1.807) is 41.3 Å². The van der Waals surface area contributed by atoms with Gasteiger partial charge in [0, 0.05) is 20.1 Å². The SMILES string of the molecule is O=C(CC1(O)C(=O)N(Cc2ccccc2Br)c2ccc(Br)cc21)c1ccccc1. The first-order valence-electron chi connectivity index (χ1n) is 9.06. The summed E-state index contributed by atoms with van der Waals surface area (Å²) in [6.07, 6.45) is -0.314. The number of amides is 1. The number of carbonyl (C=O) groups excluding carboxylic acids is 2. The average Bonchev–Trinajstić information content (AvgIpc) is 2.92. The molecule has 1 aliphatic heterocycles. The molecule has 0 saturated heterocycles. The maximum atomic E-state index is 13.4. The summed E-state index contributed by atoms with van der Waals surface area (Å²) in [5.74, 6) is -0.777. The molecule has 146 valence electrons. The summed E-state index contributed by atoms with van der Waals surface area (Å²) in [6.45, 7) is 0.288. The van der Waals surface area contributed by atoms with Crippen LogP contribution in [0.15, 0.2) is 81.7 Å². The van der Waals surface area contributed by atoms with Crippen LogP contribution >= 0.6 is 31.9 Å². The highest BCUT2D eigenvalue weighted by molar-refractivity contribution is 9.10. The lowest BCUT2D eigenvalue weighted by Gasteiger charge is -2.23. The van der Waals surface area contributed by atoms with E-state index in [-0.39, 0.29) is 18.7 Å². The van der Waals surface area contributed by atoms with Gasteiger partial charge in [-0.25, -0.2) is 0 Å². The van der Waals surface area contributed by atoms with Crippen molar-refractivity contribution < 1.29 is 14.7 Å². The number of anilines is 1. The Kier molecular flexibility index (Phi) is 5.42. The van der Waals surface area contributed by atoms with Crippen LogP contribution in [0.4, 0.5) is 5.69 Å². The molecular weight excluding hydrogens is 498 g/mol. The standard InChI is InChI=1S/C23H17Br2NO3/c24-17-10-11-20-18(12-17)23(29,13-21(27)15-6-2-1-3-7-15)22(28)26(20)14-16-8-4-5-9-19(16)25/h1-12,29H,13-14H2. The molecule has 0 spiro atoms. The molecule has 0 bridgehead atoms. The van der Waals surface area contributed by atoms with Gasteiger partial charge >= 0.3 is 0 Å². The topological polar surface area (TPSA) is 57.6 Å². The Morgan fingerprint density at radius 1 is 0.966 bits per heavy atom. The molecule has 0 radical (unpaired) electrons. The van der Waals surface area contributed by atoms with Crippen LogP contribution in [0.5, 0.6) is 0 Å². The number of aliphatic hydroxyl groups is 1. The zero-order valence-electron chi connectivity index (χ0n) is 15.3. The molecule has 6 heteroatoms. The van der Waals surface area contributed by atoms with Crippen LogP contribution in [-0.4, -0.2) is 16.8 Å². The van der Waals surface area contributed by atoms with E-state index < -0.39 is 11.5 Å². The van der Waals surface area contributed by atoms with Crippen molar-refractivity contribution in [3.05, 3.63) is 98.4 Å². The lowest BCUT2D eigenvalue weighted by molar-refractivity contribution is -0.136. The predicted octanol–water partition coefficient (Wildman–Crippen LogP) is 5.22. The van der Waals surface area contributed by atoms with E-state index in [1.165, 1.54) is 0 Å². The third-order valence-electron chi connectivity index (χ3n) is 5.09. The maximum Gasteiger partial charge on any atom is 0.264 e. The van der Waals surface area contributed by atoms with Crippen molar-refractivity contribution in [1.82, 2.24) is 0 Å². The van der Waals surface area contributed by atoms with Gasteiger partial charge in [-0.3, -0.25) is 9.59 Å². The lowest BCUT2D eigenvalue weighted by Crippen LogP contribution is -2.41. The van der Waals surface area contributed by atoms with Gasteiger partial charge in [0.1, 0.15) is 0 Å². The third-order valence-corrected chi connectivity index (χ3v) is 6.36. The minimum Gasteiger partial charge on any atom is -0.375 e. The summed E-state index contributed by atoms with van der Waals surface area (Å²) in [4.78, 5) is 27.7. The number of nitrogens with zero attached hydrogens (tertiary/aromatic N) is 1. The third kappa shape index (κ3) is 3.68. The van der Waals surface area contributed by atoms with Gasteiger partial charge in [-0.05, 0) is 29.8 Å². The Labute approximate surface area is 185 Å². The van der Waals surface area contributed by atoms with Crippen LogP contribution < -0.4 is 4.90 Å². The molecule has 0 aliphatic carbocycles. The number of hydrogen-bond acceptors (Lipinski definition) is 3.